The summed E-state index contributed by atoms with van der Waals surface area (Å²) in [6.07, 6.45) is 22.6. The van der Waals surface area contributed by atoms with Crippen molar-refractivity contribution >= 4 is 11.6 Å². The van der Waals surface area contributed by atoms with E-state index in [2.05, 4.69) is 6.92 Å². The van der Waals surface area contributed by atoms with Crippen molar-refractivity contribution in [1.82, 2.24) is 0 Å². The molecule has 2 fully saturated rings. The van der Waals surface area contributed by atoms with Gasteiger partial charge < -0.3 is 5.11 Å². The van der Waals surface area contributed by atoms with E-state index in [9.17, 15) is 9.59 Å². The number of unbranched alkanes of at least 4 members (excludes halogenated alkanes) is 9. The van der Waals surface area contributed by atoms with Crippen LogP contribution in [0.15, 0.2) is 22.8 Å². The van der Waals surface area contributed by atoms with Crippen LogP contribution in [0.5, 0.6) is 0 Å². The molecule has 4 aliphatic rings. The maximum Gasteiger partial charge on any atom is 0.156 e. The summed E-state index contributed by atoms with van der Waals surface area (Å²) in [4.78, 5) is 25.0. The van der Waals surface area contributed by atoms with Gasteiger partial charge in [0.2, 0.25) is 0 Å². The molecule has 0 saturated heterocycles. The van der Waals surface area contributed by atoms with Gasteiger partial charge in [-0.1, -0.05) is 70.3 Å². The van der Waals surface area contributed by atoms with E-state index in [4.69, 9.17) is 5.11 Å². The van der Waals surface area contributed by atoms with Crippen LogP contribution in [-0.4, -0.2) is 23.3 Å². The lowest BCUT2D eigenvalue weighted by molar-refractivity contribution is -0.129. The molecule has 0 heterocycles. The lowest BCUT2D eigenvalue weighted by atomic mass is 9.53. The van der Waals surface area contributed by atoms with E-state index in [-0.39, 0.29) is 5.41 Å². The zero-order valence-electron chi connectivity index (χ0n) is 21.0. The van der Waals surface area contributed by atoms with Gasteiger partial charge in [0.15, 0.2) is 5.78 Å². The molecule has 0 radical (unpaired) electrons. The van der Waals surface area contributed by atoms with Crippen molar-refractivity contribution in [2.45, 2.75) is 122 Å². The fraction of sp³-hybridized carbons (Fsp3) is 0.800. The van der Waals surface area contributed by atoms with Crippen LogP contribution in [-0.2, 0) is 9.59 Å². The van der Waals surface area contributed by atoms with Crippen molar-refractivity contribution in [1.29, 1.82) is 0 Å². The quantitative estimate of drug-likeness (QED) is 0.315. The molecule has 0 spiro atoms. The van der Waals surface area contributed by atoms with E-state index in [1.165, 1.54) is 69.8 Å². The standard InChI is InChI=1S/C30H46O3/c1-30-21-23(12-10-8-6-4-2-3-5-7-9-11-19-31)29-25-16-14-24(32)20-22(25)13-15-26(29)27(30)17-18-28(30)33/h20,23,26-27,31H,2-19,21H2,1H3/t23-,26-,27-,30-/m0/s1. The van der Waals surface area contributed by atoms with Crippen LogP contribution in [0.25, 0.3) is 0 Å². The van der Waals surface area contributed by atoms with Crippen molar-refractivity contribution in [3.63, 3.8) is 0 Å². The van der Waals surface area contributed by atoms with Crippen LogP contribution in [0.4, 0.5) is 0 Å². The molecule has 0 aliphatic heterocycles. The third kappa shape index (κ3) is 5.55. The van der Waals surface area contributed by atoms with E-state index in [0.29, 0.717) is 42.3 Å². The SMILES string of the molecule is C[C@]12C[C@H](CCCCCCCCCCCCO)C3=C4CCC(=O)C=C4CC[C@H]3[C@@H]1CCC2=O. The second kappa shape index (κ2) is 11.5. The molecule has 4 atom stereocenters. The highest BCUT2D eigenvalue weighted by molar-refractivity contribution is 5.93. The second-order valence-corrected chi connectivity index (χ2v) is 11.6. The van der Waals surface area contributed by atoms with Gasteiger partial charge in [-0.15, -0.1) is 0 Å². The van der Waals surface area contributed by atoms with E-state index in [1.54, 1.807) is 11.1 Å². The molecule has 0 aromatic heterocycles. The monoisotopic (exact) mass is 454 g/mol. The molecule has 0 bridgehead atoms. The Morgan fingerprint density at radius 2 is 1.52 bits per heavy atom. The van der Waals surface area contributed by atoms with E-state index in [0.717, 1.165) is 44.9 Å². The van der Waals surface area contributed by atoms with Gasteiger partial charge >= 0.3 is 0 Å². The largest absolute Gasteiger partial charge is 0.396 e. The smallest absolute Gasteiger partial charge is 0.156 e. The molecular formula is C30H46O3. The number of rotatable bonds is 12. The highest BCUT2D eigenvalue weighted by Crippen LogP contribution is 2.61. The average Bonchev–Trinajstić information content (AvgIpc) is 3.11. The Morgan fingerprint density at radius 1 is 0.848 bits per heavy atom. The van der Waals surface area contributed by atoms with Gasteiger partial charge in [-0.3, -0.25) is 9.59 Å². The number of fused-ring (bicyclic) bond motifs is 4. The third-order valence-electron chi connectivity index (χ3n) is 9.51. The number of aliphatic hydroxyl groups is 1. The number of hydrogen-bond acceptors (Lipinski definition) is 3. The molecule has 184 valence electrons. The van der Waals surface area contributed by atoms with E-state index in [1.807, 2.05) is 6.08 Å². The van der Waals surface area contributed by atoms with Crippen LogP contribution in [0.1, 0.15) is 122 Å². The third-order valence-corrected chi connectivity index (χ3v) is 9.51. The Kier molecular flexibility index (Phi) is 8.65. The number of allylic oxidation sites excluding steroid dienone is 4. The Balaban J connectivity index is 1.33. The molecule has 33 heavy (non-hydrogen) atoms. The molecule has 0 aromatic carbocycles. The average molecular weight is 455 g/mol. The highest BCUT2D eigenvalue weighted by Gasteiger charge is 2.55. The van der Waals surface area contributed by atoms with Crippen LogP contribution in [0.2, 0.25) is 0 Å². The van der Waals surface area contributed by atoms with Gasteiger partial charge in [0.25, 0.3) is 0 Å². The molecule has 4 rings (SSSR count). The van der Waals surface area contributed by atoms with E-state index >= 15 is 0 Å². The second-order valence-electron chi connectivity index (χ2n) is 11.6. The number of ketones is 2. The lowest BCUT2D eigenvalue weighted by Crippen LogP contribution is -2.44. The maximum absolute atomic E-state index is 13.0. The van der Waals surface area contributed by atoms with Crippen molar-refractivity contribution in [3.8, 4) is 0 Å². The molecule has 3 nitrogen and oxygen atoms in total. The van der Waals surface area contributed by atoms with Gasteiger partial charge in [-0.05, 0) is 79.9 Å². The summed E-state index contributed by atoms with van der Waals surface area (Å²) in [7, 11) is 0. The molecule has 1 N–H and O–H groups in total. The Bertz CT molecular complexity index is 775. The minimum Gasteiger partial charge on any atom is -0.396 e. The van der Waals surface area contributed by atoms with Gasteiger partial charge in [-0.2, -0.15) is 0 Å². The Hall–Kier alpha value is -1.22. The fourth-order valence-corrected chi connectivity index (χ4v) is 7.78. The number of aliphatic hydroxyl groups excluding tert-OH is 1. The topological polar surface area (TPSA) is 54.4 Å². The summed E-state index contributed by atoms with van der Waals surface area (Å²) in [5.41, 5.74) is 4.48. The summed E-state index contributed by atoms with van der Waals surface area (Å²) in [5.74, 6) is 2.53. The molecular weight excluding hydrogens is 408 g/mol. The predicted molar refractivity (Wildman–Crippen MR) is 134 cm³/mol. The van der Waals surface area contributed by atoms with Crippen LogP contribution >= 0.6 is 0 Å². The minimum atomic E-state index is -0.0961. The molecule has 0 amide bonds. The number of hydrogen-bond donors (Lipinski definition) is 1. The molecule has 3 heteroatoms. The Morgan fingerprint density at radius 3 is 2.21 bits per heavy atom. The molecule has 0 unspecified atom stereocenters. The zero-order valence-corrected chi connectivity index (χ0v) is 21.0. The number of carbonyl (C=O) groups excluding carboxylic acids is 2. The predicted octanol–water partition coefficient (Wildman–Crippen LogP) is 7.27. The summed E-state index contributed by atoms with van der Waals surface area (Å²) >= 11 is 0. The number of carbonyl (C=O) groups is 2. The highest BCUT2D eigenvalue weighted by atomic mass is 16.2. The maximum atomic E-state index is 13.0. The van der Waals surface area contributed by atoms with Gasteiger partial charge in [0.1, 0.15) is 5.78 Å². The normalized spacial score (nSPS) is 31.3. The van der Waals surface area contributed by atoms with Crippen molar-refractivity contribution in [3.05, 3.63) is 22.8 Å². The van der Waals surface area contributed by atoms with E-state index < -0.39 is 0 Å². The Labute approximate surface area is 201 Å². The lowest BCUT2D eigenvalue weighted by Gasteiger charge is -2.50. The molecule has 4 aliphatic carbocycles. The first-order valence-corrected chi connectivity index (χ1v) is 14.2. The molecule has 0 aromatic rings. The first-order chi connectivity index (χ1) is 16.0. The first-order valence-electron chi connectivity index (χ1n) is 14.2. The van der Waals surface area contributed by atoms with Gasteiger partial charge in [0, 0.05) is 24.9 Å². The zero-order chi connectivity index (χ0) is 23.3. The number of Topliss-reactive ketones (excluding diaryl/α,β-unsaturated/α-hetero) is 1. The first kappa shape index (κ1) is 24.9. The molecule has 2 saturated carbocycles. The van der Waals surface area contributed by atoms with Crippen LogP contribution < -0.4 is 0 Å². The van der Waals surface area contributed by atoms with Crippen molar-refractivity contribution in [2.75, 3.05) is 6.61 Å². The van der Waals surface area contributed by atoms with Crippen molar-refractivity contribution in [2.24, 2.45) is 23.2 Å². The summed E-state index contributed by atoms with van der Waals surface area (Å²) in [6.45, 7) is 2.63. The fourth-order valence-electron chi connectivity index (χ4n) is 7.78. The summed E-state index contributed by atoms with van der Waals surface area (Å²) in [5, 5.41) is 8.85. The summed E-state index contributed by atoms with van der Waals surface area (Å²) < 4.78 is 0. The van der Waals surface area contributed by atoms with Crippen LogP contribution in [0, 0.1) is 23.2 Å². The van der Waals surface area contributed by atoms with Crippen molar-refractivity contribution < 1.29 is 14.7 Å². The summed E-state index contributed by atoms with van der Waals surface area (Å²) in [6, 6.07) is 0. The minimum absolute atomic E-state index is 0.0961. The van der Waals surface area contributed by atoms with Gasteiger partial charge in [-0.25, -0.2) is 0 Å². The van der Waals surface area contributed by atoms with Gasteiger partial charge in [0.05, 0.1) is 0 Å². The van der Waals surface area contributed by atoms with Crippen LogP contribution in [0.3, 0.4) is 0 Å².